The van der Waals surface area contributed by atoms with E-state index in [2.05, 4.69) is 9.59 Å². The zero-order chi connectivity index (χ0) is 10.8. The molecule has 0 saturated heterocycles. The van der Waals surface area contributed by atoms with E-state index in [-0.39, 0.29) is 0 Å². The van der Waals surface area contributed by atoms with Crippen LogP contribution in [0.2, 0.25) is 0 Å². The summed E-state index contributed by atoms with van der Waals surface area (Å²) in [5.74, 6) is 0. The molecule has 1 N–H and O–H groups in total. The number of aliphatic hydroxyl groups is 1. The molecule has 5 heteroatoms. The Morgan fingerprint density at radius 2 is 2.27 bits per heavy atom. The maximum absolute atomic E-state index is 10.1. The number of nitrogens with zero attached hydrogens (tertiary/aromatic N) is 2. The van der Waals surface area contributed by atoms with Gasteiger partial charge in [-0.15, -0.1) is 16.4 Å². The second-order valence-electron chi connectivity index (χ2n) is 3.29. The Balaban J connectivity index is 2.31. The maximum atomic E-state index is 10.1. The predicted octanol–water partition coefficient (Wildman–Crippen LogP) is 2.55. The first-order valence-corrected chi connectivity index (χ1v) is 6.37. The van der Waals surface area contributed by atoms with Crippen LogP contribution in [0.5, 0.6) is 0 Å². The zero-order valence-electron chi connectivity index (χ0n) is 8.60. The van der Waals surface area contributed by atoms with Gasteiger partial charge in [-0.2, -0.15) is 0 Å². The smallest absolute Gasteiger partial charge is 0.126 e. The van der Waals surface area contributed by atoms with Gasteiger partial charge in [0, 0.05) is 9.75 Å². The van der Waals surface area contributed by atoms with Gasteiger partial charge in [0.2, 0.25) is 0 Å². The van der Waals surface area contributed by atoms with E-state index in [1.165, 1.54) is 16.4 Å². The summed E-state index contributed by atoms with van der Waals surface area (Å²) in [4.78, 5) is 3.05. The quantitative estimate of drug-likeness (QED) is 0.896. The standard InChI is InChI=1S/C10H12N2OS2/c1-3-7-10(15-12-11-7)9(13)8-5-4-6(2)14-8/h4-5,9,13H,3H2,1-2H3. The monoisotopic (exact) mass is 240 g/mol. The summed E-state index contributed by atoms with van der Waals surface area (Å²) in [7, 11) is 0. The summed E-state index contributed by atoms with van der Waals surface area (Å²) in [6.07, 6.45) is 0.256. The van der Waals surface area contributed by atoms with Gasteiger partial charge >= 0.3 is 0 Å². The van der Waals surface area contributed by atoms with Crippen LogP contribution in [0.25, 0.3) is 0 Å². The largest absolute Gasteiger partial charge is 0.382 e. The third kappa shape index (κ3) is 2.09. The molecule has 0 aromatic carbocycles. The van der Waals surface area contributed by atoms with Crippen molar-refractivity contribution < 1.29 is 5.11 Å². The first-order chi connectivity index (χ1) is 7.22. The lowest BCUT2D eigenvalue weighted by Gasteiger charge is -2.05. The van der Waals surface area contributed by atoms with Crippen LogP contribution in [0.15, 0.2) is 12.1 Å². The minimum atomic E-state index is -0.557. The van der Waals surface area contributed by atoms with Gasteiger partial charge in [0.1, 0.15) is 6.10 Å². The minimum Gasteiger partial charge on any atom is -0.382 e. The van der Waals surface area contributed by atoms with Gasteiger partial charge in [0.25, 0.3) is 0 Å². The van der Waals surface area contributed by atoms with Crippen molar-refractivity contribution >= 4 is 22.9 Å². The molecule has 80 valence electrons. The molecule has 3 nitrogen and oxygen atoms in total. The Hall–Kier alpha value is -0.780. The number of aromatic nitrogens is 2. The van der Waals surface area contributed by atoms with Crippen LogP contribution in [-0.2, 0) is 6.42 Å². The fourth-order valence-electron chi connectivity index (χ4n) is 1.40. The topological polar surface area (TPSA) is 46.0 Å². The third-order valence-corrected chi connectivity index (χ3v) is 4.07. The molecule has 0 radical (unpaired) electrons. The highest BCUT2D eigenvalue weighted by molar-refractivity contribution is 7.12. The average molecular weight is 240 g/mol. The molecule has 2 rings (SSSR count). The van der Waals surface area contributed by atoms with E-state index >= 15 is 0 Å². The number of rotatable bonds is 3. The summed E-state index contributed by atoms with van der Waals surface area (Å²) in [5.41, 5.74) is 0.901. The number of hydrogen-bond donors (Lipinski definition) is 1. The van der Waals surface area contributed by atoms with E-state index in [0.717, 1.165) is 21.9 Å². The molecular weight excluding hydrogens is 228 g/mol. The Morgan fingerprint density at radius 1 is 1.47 bits per heavy atom. The molecule has 0 saturated carbocycles. The van der Waals surface area contributed by atoms with Crippen molar-refractivity contribution in [3.8, 4) is 0 Å². The Bertz CT molecular complexity index is 450. The van der Waals surface area contributed by atoms with Gasteiger partial charge in [-0.1, -0.05) is 11.4 Å². The Kier molecular flexibility index (Phi) is 3.14. The Morgan fingerprint density at radius 3 is 2.87 bits per heavy atom. The molecule has 0 amide bonds. The van der Waals surface area contributed by atoms with Crippen molar-refractivity contribution in [1.82, 2.24) is 9.59 Å². The summed E-state index contributed by atoms with van der Waals surface area (Å²) in [6, 6.07) is 3.98. The van der Waals surface area contributed by atoms with E-state index in [0.29, 0.717) is 0 Å². The van der Waals surface area contributed by atoms with Crippen LogP contribution in [0.4, 0.5) is 0 Å². The van der Waals surface area contributed by atoms with Crippen LogP contribution >= 0.6 is 22.9 Å². The first-order valence-electron chi connectivity index (χ1n) is 4.78. The van der Waals surface area contributed by atoms with Crippen LogP contribution in [0.3, 0.4) is 0 Å². The maximum Gasteiger partial charge on any atom is 0.126 e. The highest BCUT2D eigenvalue weighted by Gasteiger charge is 2.18. The molecule has 0 fully saturated rings. The molecule has 0 bridgehead atoms. The molecular formula is C10H12N2OS2. The van der Waals surface area contributed by atoms with Crippen LogP contribution in [0, 0.1) is 6.92 Å². The lowest BCUT2D eigenvalue weighted by atomic mass is 10.2. The minimum absolute atomic E-state index is 0.557. The van der Waals surface area contributed by atoms with Gasteiger partial charge in [-0.3, -0.25) is 0 Å². The second-order valence-corrected chi connectivity index (χ2v) is 5.39. The summed E-state index contributed by atoms with van der Waals surface area (Å²) in [6.45, 7) is 4.05. The molecule has 2 heterocycles. The molecule has 0 aliphatic carbocycles. The van der Waals surface area contributed by atoms with Crippen molar-refractivity contribution in [2.24, 2.45) is 0 Å². The molecule has 0 aliphatic heterocycles. The zero-order valence-corrected chi connectivity index (χ0v) is 10.2. The van der Waals surface area contributed by atoms with Crippen molar-refractivity contribution in [3.63, 3.8) is 0 Å². The highest BCUT2D eigenvalue weighted by Crippen LogP contribution is 2.31. The summed E-state index contributed by atoms with van der Waals surface area (Å²) in [5, 5.41) is 14.1. The molecule has 1 atom stereocenters. The van der Waals surface area contributed by atoms with Crippen molar-refractivity contribution in [2.45, 2.75) is 26.4 Å². The average Bonchev–Trinajstić information content (AvgIpc) is 2.84. The van der Waals surface area contributed by atoms with Crippen molar-refractivity contribution in [3.05, 3.63) is 32.5 Å². The van der Waals surface area contributed by atoms with E-state index in [1.807, 2.05) is 26.0 Å². The number of aryl methyl sites for hydroxylation is 2. The van der Waals surface area contributed by atoms with Gasteiger partial charge in [0.15, 0.2) is 0 Å². The molecule has 2 aromatic rings. The molecule has 15 heavy (non-hydrogen) atoms. The van der Waals surface area contributed by atoms with E-state index in [1.54, 1.807) is 11.3 Å². The summed E-state index contributed by atoms with van der Waals surface area (Å²) >= 11 is 2.90. The fraction of sp³-hybridized carbons (Fsp3) is 0.400. The van der Waals surface area contributed by atoms with Gasteiger partial charge in [-0.05, 0) is 37.0 Å². The van der Waals surface area contributed by atoms with E-state index in [9.17, 15) is 5.11 Å². The van der Waals surface area contributed by atoms with Crippen molar-refractivity contribution in [2.75, 3.05) is 0 Å². The lowest BCUT2D eigenvalue weighted by Crippen LogP contribution is -1.98. The predicted molar refractivity (Wildman–Crippen MR) is 62.4 cm³/mol. The number of aliphatic hydroxyl groups excluding tert-OH is 1. The molecule has 0 aliphatic rings. The fourth-order valence-corrected chi connectivity index (χ4v) is 3.09. The van der Waals surface area contributed by atoms with Gasteiger partial charge < -0.3 is 5.11 Å². The number of thiophene rings is 1. The molecule has 1 unspecified atom stereocenters. The lowest BCUT2D eigenvalue weighted by molar-refractivity contribution is 0.226. The highest BCUT2D eigenvalue weighted by atomic mass is 32.1. The number of hydrogen-bond acceptors (Lipinski definition) is 5. The van der Waals surface area contributed by atoms with Gasteiger partial charge in [-0.25, -0.2) is 0 Å². The van der Waals surface area contributed by atoms with Crippen LogP contribution < -0.4 is 0 Å². The first kappa shape index (κ1) is 10.7. The molecule has 0 spiro atoms. The van der Waals surface area contributed by atoms with Crippen molar-refractivity contribution in [1.29, 1.82) is 0 Å². The summed E-state index contributed by atoms with van der Waals surface area (Å²) < 4.78 is 3.88. The van der Waals surface area contributed by atoms with E-state index in [4.69, 9.17) is 0 Å². The van der Waals surface area contributed by atoms with Crippen LogP contribution in [-0.4, -0.2) is 14.7 Å². The van der Waals surface area contributed by atoms with Gasteiger partial charge in [0.05, 0.1) is 10.6 Å². The Labute approximate surface area is 96.6 Å². The third-order valence-electron chi connectivity index (χ3n) is 2.20. The van der Waals surface area contributed by atoms with Crippen LogP contribution in [0.1, 0.15) is 33.4 Å². The van der Waals surface area contributed by atoms with E-state index < -0.39 is 6.10 Å². The molecule has 2 aromatic heterocycles. The normalized spacial score (nSPS) is 13.0. The second kappa shape index (κ2) is 4.38. The SMILES string of the molecule is CCc1nnsc1C(O)c1ccc(C)s1.